The molecule has 1 unspecified atom stereocenters. The first kappa shape index (κ1) is 13.6. The van der Waals surface area contributed by atoms with E-state index >= 15 is 0 Å². The third-order valence-electron chi connectivity index (χ3n) is 2.35. The topological polar surface area (TPSA) is 58.6 Å². The minimum Gasteiger partial charge on any atom is -0.495 e. The molecule has 0 aromatic heterocycles. The first-order chi connectivity index (χ1) is 8.02. The lowest BCUT2D eigenvalue weighted by atomic mass is 10.1. The van der Waals surface area contributed by atoms with Gasteiger partial charge in [-0.05, 0) is 31.5 Å². The number of carboxylic acid groups (broad SMARTS) is 1. The van der Waals surface area contributed by atoms with E-state index in [9.17, 15) is 4.79 Å². The van der Waals surface area contributed by atoms with Crippen molar-refractivity contribution in [1.82, 2.24) is 0 Å². The molecule has 0 saturated carbocycles. The van der Waals surface area contributed by atoms with Crippen molar-refractivity contribution in [2.75, 3.05) is 12.4 Å². The maximum absolute atomic E-state index is 10.5. The quantitative estimate of drug-likeness (QED) is 0.823. The van der Waals surface area contributed by atoms with Gasteiger partial charge in [0.2, 0.25) is 0 Å². The number of rotatable bonds is 6. The molecule has 0 fully saturated rings. The molecule has 1 atom stereocenters. The van der Waals surface area contributed by atoms with Crippen LogP contribution in [0.1, 0.15) is 19.8 Å². The van der Waals surface area contributed by atoms with Gasteiger partial charge in [0.15, 0.2) is 0 Å². The van der Waals surface area contributed by atoms with Crippen LogP contribution in [0.3, 0.4) is 0 Å². The molecule has 0 saturated heterocycles. The van der Waals surface area contributed by atoms with Crippen LogP contribution in [0.5, 0.6) is 5.75 Å². The molecular weight excluding hydrogens is 242 g/mol. The van der Waals surface area contributed by atoms with Crippen molar-refractivity contribution in [3.05, 3.63) is 23.2 Å². The number of carbonyl (C=O) groups is 1. The number of anilines is 1. The van der Waals surface area contributed by atoms with Crippen molar-refractivity contribution >= 4 is 23.3 Å². The molecule has 0 heterocycles. The smallest absolute Gasteiger partial charge is 0.303 e. The van der Waals surface area contributed by atoms with E-state index in [2.05, 4.69) is 5.32 Å². The summed E-state index contributed by atoms with van der Waals surface area (Å²) in [6.07, 6.45) is 0.683. The highest BCUT2D eigenvalue weighted by Gasteiger charge is 2.09. The van der Waals surface area contributed by atoms with Gasteiger partial charge in [0.1, 0.15) is 5.75 Å². The molecule has 1 aromatic rings. The number of nitrogens with one attached hydrogen (secondary N) is 1. The minimum atomic E-state index is -0.795. The van der Waals surface area contributed by atoms with Gasteiger partial charge < -0.3 is 15.2 Å². The van der Waals surface area contributed by atoms with E-state index in [4.69, 9.17) is 21.4 Å². The number of halogens is 1. The Labute approximate surface area is 106 Å². The highest BCUT2D eigenvalue weighted by molar-refractivity contribution is 6.30. The zero-order valence-electron chi connectivity index (χ0n) is 9.87. The molecule has 0 radical (unpaired) electrons. The molecule has 0 aliphatic heterocycles. The average Bonchev–Trinajstić information content (AvgIpc) is 2.27. The van der Waals surface area contributed by atoms with Crippen LogP contribution in [0, 0.1) is 0 Å². The van der Waals surface area contributed by atoms with E-state index in [-0.39, 0.29) is 12.5 Å². The molecular formula is C12H16ClNO3. The molecule has 4 nitrogen and oxygen atoms in total. The summed E-state index contributed by atoms with van der Waals surface area (Å²) < 4.78 is 5.19. The predicted molar refractivity (Wildman–Crippen MR) is 68.0 cm³/mol. The van der Waals surface area contributed by atoms with E-state index in [1.165, 1.54) is 0 Å². The Morgan fingerprint density at radius 3 is 2.88 bits per heavy atom. The second-order valence-corrected chi connectivity index (χ2v) is 4.26. The summed E-state index contributed by atoms with van der Waals surface area (Å²) in [5.74, 6) is -0.103. The monoisotopic (exact) mass is 257 g/mol. The zero-order chi connectivity index (χ0) is 12.8. The van der Waals surface area contributed by atoms with Crippen molar-refractivity contribution in [1.29, 1.82) is 0 Å². The normalized spacial score (nSPS) is 11.9. The van der Waals surface area contributed by atoms with Crippen molar-refractivity contribution in [3.8, 4) is 5.75 Å². The highest BCUT2D eigenvalue weighted by Crippen LogP contribution is 2.28. The van der Waals surface area contributed by atoms with Gasteiger partial charge >= 0.3 is 5.97 Å². The second kappa shape index (κ2) is 6.35. The summed E-state index contributed by atoms with van der Waals surface area (Å²) in [6.45, 7) is 1.92. The fourth-order valence-corrected chi connectivity index (χ4v) is 1.64. The zero-order valence-corrected chi connectivity index (χ0v) is 10.6. The van der Waals surface area contributed by atoms with Crippen LogP contribution in [-0.4, -0.2) is 24.2 Å². The van der Waals surface area contributed by atoms with Crippen molar-refractivity contribution in [2.24, 2.45) is 0 Å². The van der Waals surface area contributed by atoms with Gasteiger partial charge in [0, 0.05) is 17.5 Å². The maximum Gasteiger partial charge on any atom is 0.303 e. The molecule has 2 N–H and O–H groups in total. The van der Waals surface area contributed by atoms with E-state index in [0.29, 0.717) is 17.2 Å². The molecule has 5 heteroatoms. The Morgan fingerprint density at radius 2 is 2.29 bits per heavy atom. The Hall–Kier alpha value is -1.42. The lowest BCUT2D eigenvalue weighted by molar-refractivity contribution is -0.137. The van der Waals surface area contributed by atoms with Crippen LogP contribution in [0.15, 0.2) is 18.2 Å². The number of benzene rings is 1. The lowest BCUT2D eigenvalue weighted by Gasteiger charge is -2.17. The fraction of sp³-hybridized carbons (Fsp3) is 0.417. The van der Waals surface area contributed by atoms with Crippen LogP contribution in [-0.2, 0) is 4.79 Å². The Balaban J connectivity index is 2.66. The van der Waals surface area contributed by atoms with Crippen LogP contribution in [0.4, 0.5) is 5.69 Å². The standard InChI is InChI=1S/C12H16ClNO3/c1-8(3-6-12(15)16)14-10-7-9(13)4-5-11(10)17-2/h4-5,7-8,14H,3,6H2,1-2H3,(H,15,16). The fourth-order valence-electron chi connectivity index (χ4n) is 1.47. The van der Waals surface area contributed by atoms with E-state index in [1.807, 2.05) is 6.92 Å². The molecule has 1 rings (SSSR count). The van der Waals surface area contributed by atoms with Crippen LogP contribution < -0.4 is 10.1 Å². The van der Waals surface area contributed by atoms with E-state index in [0.717, 1.165) is 5.69 Å². The summed E-state index contributed by atoms with van der Waals surface area (Å²) in [4.78, 5) is 10.5. The lowest BCUT2D eigenvalue weighted by Crippen LogP contribution is -2.17. The molecule has 17 heavy (non-hydrogen) atoms. The molecule has 0 aliphatic carbocycles. The van der Waals surface area contributed by atoms with Crippen molar-refractivity contribution < 1.29 is 14.6 Å². The van der Waals surface area contributed by atoms with E-state index < -0.39 is 5.97 Å². The van der Waals surface area contributed by atoms with Gasteiger partial charge in [-0.1, -0.05) is 11.6 Å². The second-order valence-electron chi connectivity index (χ2n) is 3.82. The number of aliphatic carboxylic acids is 1. The summed E-state index contributed by atoms with van der Waals surface area (Å²) in [6, 6.07) is 5.32. The van der Waals surface area contributed by atoms with Gasteiger partial charge in [-0.2, -0.15) is 0 Å². The summed E-state index contributed by atoms with van der Waals surface area (Å²) >= 11 is 5.90. The minimum absolute atomic E-state index is 0.0402. The summed E-state index contributed by atoms with van der Waals surface area (Å²) in [5, 5.41) is 12.4. The molecule has 94 valence electrons. The third-order valence-corrected chi connectivity index (χ3v) is 2.59. The van der Waals surface area contributed by atoms with Crippen LogP contribution in [0.2, 0.25) is 5.02 Å². The molecule has 1 aromatic carbocycles. The Bertz CT molecular complexity index is 395. The highest BCUT2D eigenvalue weighted by atomic mass is 35.5. The van der Waals surface area contributed by atoms with Gasteiger partial charge in [-0.25, -0.2) is 0 Å². The molecule has 0 aliphatic rings. The SMILES string of the molecule is COc1ccc(Cl)cc1NC(C)CCC(=O)O. The Kier molecular flexibility index (Phi) is 5.10. The predicted octanol–water partition coefficient (Wildman–Crippen LogP) is 3.01. The number of hydrogen-bond donors (Lipinski definition) is 2. The maximum atomic E-state index is 10.5. The van der Waals surface area contributed by atoms with Gasteiger partial charge in [-0.3, -0.25) is 4.79 Å². The van der Waals surface area contributed by atoms with Gasteiger partial charge in [0.05, 0.1) is 12.8 Å². The number of carboxylic acids is 1. The number of ether oxygens (including phenoxy) is 1. The van der Waals surface area contributed by atoms with Crippen LogP contribution in [0.25, 0.3) is 0 Å². The van der Waals surface area contributed by atoms with Crippen molar-refractivity contribution in [3.63, 3.8) is 0 Å². The molecule has 0 amide bonds. The molecule has 0 spiro atoms. The Morgan fingerprint density at radius 1 is 1.59 bits per heavy atom. The first-order valence-corrected chi connectivity index (χ1v) is 5.72. The van der Waals surface area contributed by atoms with Crippen molar-refractivity contribution in [2.45, 2.75) is 25.8 Å². The first-order valence-electron chi connectivity index (χ1n) is 5.34. The third kappa shape index (κ3) is 4.53. The molecule has 0 bridgehead atoms. The number of hydrogen-bond acceptors (Lipinski definition) is 3. The van der Waals surface area contributed by atoms with Gasteiger partial charge in [0.25, 0.3) is 0 Å². The summed E-state index contributed by atoms with van der Waals surface area (Å²) in [5.41, 5.74) is 0.776. The van der Waals surface area contributed by atoms with Crippen LogP contribution >= 0.6 is 11.6 Å². The summed E-state index contributed by atoms with van der Waals surface area (Å²) in [7, 11) is 1.58. The van der Waals surface area contributed by atoms with E-state index in [1.54, 1.807) is 25.3 Å². The van der Waals surface area contributed by atoms with Gasteiger partial charge in [-0.15, -0.1) is 0 Å². The number of methoxy groups -OCH3 is 1. The average molecular weight is 258 g/mol. The largest absolute Gasteiger partial charge is 0.495 e.